The summed E-state index contributed by atoms with van der Waals surface area (Å²) in [4.78, 5) is 10.5. The van der Waals surface area contributed by atoms with Gasteiger partial charge in [-0.25, -0.2) is 0 Å². The van der Waals surface area contributed by atoms with E-state index in [2.05, 4.69) is 36.5 Å². The quantitative estimate of drug-likeness (QED) is 0.632. The fraction of sp³-hybridized carbons (Fsp3) is 0.562. The van der Waals surface area contributed by atoms with E-state index in [4.69, 9.17) is 5.11 Å². The van der Waals surface area contributed by atoms with Crippen molar-refractivity contribution in [3.63, 3.8) is 0 Å². The molecular weight excluding hydrogens is 238 g/mol. The number of carboxylic acid groups (broad SMARTS) is 1. The topological polar surface area (TPSA) is 49.3 Å². The third kappa shape index (κ3) is 6.97. The Kier molecular flexibility index (Phi) is 7.91. The molecule has 3 heteroatoms. The largest absolute Gasteiger partial charge is 0.481 e. The SMILES string of the molecule is CCCCCC(NCCCC(=O)O)c1ccccc1. The number of rotatable bonds is 10. The van der Waals surface area contributed by atoms with E-state index < -0.39 is 5.97 Å². The van der Waals surface area contributed by atoms with Gasteiger partial charge in [0, 0.05) is 12.5 Å². The van der Waals surface area contributed by atoms with Crippen LogP contribution in [0.3, 0.4) is 0 Å². The summed E-state index contributed by atoms with van der Waals surface area (Å²) in [5.41, 5.74) is 1.30. The number of hydrogen-bond acceptors (Lipinski definition) is 2. The second-order valence-electron chi connectivity index (χ2n) is 4.91. The average Bonchev–Trinajstić information content (AvgIpc) is 2.42. The molecule has 0 radical (unpaired) electrons. The molecule has 1 aromatic carbocycles. The zero-order valence-corrected chi connectivity index (χ0v) is 11.8. The van der Waals surface area contributed by atoms with Crippen LogP contribution in [0.4, 0.5) is 0 Å². The van der Waals surface area contributed by atoms with Gasteiger partial charge < -0.3 is 10.4 Å². The first-order valence-electron chi connectivity index (χ1n) is 7.24. The van der Waals surface area contributed by atoms with Crippen LogP contribution in [0, 0.1) is 0 Å². The lowest BCUT2D eigenvalue weighted by molar-refractivity contribution is -0.137. The van der Waals surface area contributed by atoms with Crippen LogP contribution in [0.25, 0.3) is 0 Å². The summed E-state index contributed by atoms with van der Waals surface area (Å²) in [6.07, 6.45) is 5.73. The molecule has 106 valence electrons. The molecule has 0 aliphatic rings. The second kappa shape index (κ2) is 9.56. The lowest BCUT2D eigenvalue weighted by Gasteiger charge is -2.19. The molecule has 0 saturated heterocycles. The fourth-order valence-electron chi connectivity index (χ4n) is 2.19. The molecule has 0 saturated carbocycles. The summed E-state index contributed by atoms with van der Waals surface area (Å²) in [7, 11) is 0. The van der Waals surface area contributed by atoms with Crippen LogP contribution in [-0.2, 0) is 4.79 Å². The minimum absolute atomic E-state index is 0.240. The van der Waals surface area contributed by atoms with Gasteiger partial charge in [-0.3, -0.25) is 4.79 Å². The zero-order chi connectivity index (χ0) is 13.9. The Morgan fingerprint density at radius 2 is 1.95 bits per heavy atom. The third-order valence-corrected chi connectivity index (χ3v) is 3.26. The Hall–Kier alpha value is -1.35. The van der Waals surface area contributed by atoms with Crippen molar-refractivity contribution in [2.75, 3.05) is 6.54 Å². The normalized spacial score (nSPS) is 12.3. The molecule has 1 rings (SSSR count). The van der Waals surface area contributed by atoms with Crippen LogP contribution in [0.5, 0.6) is 0 Å². The van der Waals surface area contributed by atoms with E-state index >= 15 is 0 Å². The fourth-order valence-corrected chi connectivity index (χ4v) is 2.19. The van der Waals surface area contributed by atoms with Crippen LogP contribution >= 0.6 is 0 Å². The third-order valence-electron chi connectivity index (χ3n) is 3.26. The highest BCUT2D eigenvalue weighted by Crippen LogP contribution is 2.19. The van der Waals surface area contributed by atoms with Gasteiger partial charge in [0.25, 0.3) is 0 Å². The Balaban J connectivity index is 2.43. The van der Waals surface area contributed by atoms with Gasteiger partial charge in [0.1, 0.15) is 0 Å². The number of hydrogen-bond donors (Lipinski definition) is 2. The Labute approximate surface area is 116 Å². The van der Waals surface area contributed by atoms with E-state index in [0.29, 0.717) is 12.5 Å². The minimum Gasteiger partial charge on any atom is -0.481 e. The minimum atomic E-state index is -0.718. The number of carbonyl (C=O) groups is 1. The summed E-state index contributed by atoms with van der Waals surface area (Å²) >= 11 is 0. The van der Waals surface area contributed by atoms with Gasteiger partial charge in [0.2, 0.25) is 0 Å². The van der Waals surface area contributed by atoms with Gasteiger partial charge in [0.05, 0.1) is 0 Å². The smallest absolute Gasteiger partial charge is 0.303 e. The summed E-state index contributed by atoms with van der Waals surface area (Å²) in [5.74, 6) is -0.718. The maximum Gasteiger partial charge on any atom is 0.303 e. The van der Waals surface area contributed by atoms with Crippen molar-refractivity contribution in [3.8, 4) is 0 Å². The Morgan fingerprint density at radius 3 is 2.58 bits per heavy atom. The Morgan fingerprint density at radius 1 is 1.21 bits per heavy atom. The number of carboxylic acids is 1. The van der Waals surface area contributed by atoms with Crippen molar-refractivity contribution in [1.29, 1.82) is 0 Å². The monoisotopic (exact) mass is 263 g/mol. The number of nitrogens with one attached hydrogen (secondary N) is 1. The molecule has 0 spiro atoms. The molecule has 1 aromatic rings. The Bertz CT molecular complexity index is 351. The highest BCUT2D eigenvalue weighted by molar-refractivity contribution is 5.66. The highest BCUT2D eigenvalue weighted by atomic mass is 16.4. The zero-order valence-electron chi connectivity index (χ0n) is 11.8. The van der Waals surface area contributed by atoms with Crippen LogP contribution in [0.15, 0.2) is 30.3 Å². The van der Waals surface area contributed by atoms with Crippen molar-refractivity contribution in [1.82, 2.24) is 5.32 Å². The van der Waals surface area contributed by atoms with E-state index in [9.17, 15) is 4.79 Å². The average molecular weight is 263 g/mol. The van der Waals surface area contributed by atoms with Gasteiger partial charge in [-0.1, -0.05) is 56.5 Å². The molecule has 0 aromatic heterocycles. The van der Waals surface area contributed by atoms with Crippen molar-refractivity contribution in [2.24, 2.45) is 0 Å². The van der Waals surface area contributed by atoms with Gasteiger partial charge in [-0.15, -0.1) is 0 Å². The second-order valence-corrected chi connectivity index (χ2v) is 4.91. The predicted octanol–water partition coefficient (Wildman–Crippen LogP) is 3.76. The summed E-state index contributed by atoms with van der Waals surface area (Å²) in [6.45, 7) is 2.97. The summed E-state index contributed by atoms with van der Waals surface area (Å²) < 4.78 is 0. The standard InChI is InChI=1S/C16H25NO2/c1-2-3-5-11-15(14-9-6-4-7-10-14)17-13-8-12-16(18)19/h4,6-7,9-10,15,17H,2-3,5,8,11-13H2,1H3,(H,18,19). The van der Waals surface area contributed by atoms with Gasteiger partial charge in [0.15, 0.2) is 0 Å². The molecule has 19 heavy (non-hydrogen) atoms. The van der Waals surface area contributed by atoms with Crippen molar-refractivity contribution in [2.45, 2.75) is 51.5 Å². The van der Waals surface area contributed by atoms with Crippen molar-refractivity contribution in [3.05, 3.63) is 35.9 Å². The van der Waals surface area contributed by atoms with Crippen LogP contribution in [0.2, 0.25) is 0 Å². The van der Waals surface area contributed by atoms with E-state index in [1.807, 2.05) is 6.07 Å². The molecule has 1 atom stereocenters. The van der Waals surface area contributed by atoms with Crippen molar-refractivity contribution >= 4 is 5.97 Å². The molecular formula is C16H25NO2. The molecule has 0 fully saturated rings. The van der Waals surface area contributed by atoms with Gasteiger partial charge >= 0.3 is 5.97 Å². The number of benzene rings is 1. The van der Waals surface area contributed by atoms with Crippen LogP contribution in [-0.4, -0.2) is 17.6 Å². The maximum atomic E-state index is 10.5. The predicted molar refractivity (Wildman–Crippen MR) is 78.2 cm³/mol. The number of unbranched alkanes of at least 4 members (excludes halogenated alkanes) is 2. The first-order valence-corrected chi connectivity index (χ1v) is 7.24. The van der Waals surface area contributed by atoms with Crippen LogP contribution < -0.4 is 5.32 Å². The van der Waals surface area contributed by atoms with E-state index in [1.165, 1.54) is 24.8 Å². The van der Waals surface area contributed by atoms with Gasteiger partial charge in [-0.2, -0.15) is 0 Å². The van der Waals surface area contributed by atoms with E-state index in [0.717, 1.165) is 13.0 Å². The van der Waals surface area contributed by atoms with Gasteiger partial charge in [-0.05, 0) is 24.9 Å². The molecule has 2 N–H and O–H groups in total. The number of aliphatic carboxylic acids is 1. The molecule has 0 aliphatic heterocycles. The highest BCUT2D eigenvalue weighted by Gasteiger charge is 2.10. The first kappa shape index (κ1) is 15.7. The maximum absolute atomic E-state index is 10.5. The molecule has 0 aliphatic carbocycles. The van der Waals surface area contributed by atoms with E-state index in [1.54, 1.807) is 0 Å². The summed E-state index contributed by atoms with van der Waals surface area (Å²) in [5, 5.41) is 12.1. The molecule has 0 amide bonds. The lowest BCUT2D eigenvalue weighted by Crippen LogP contribution is -2.23. The molecule has 0 heterocycles. The first-order chi connectivity index (χ1) is 9.24. The molecule has 0 bridgehead atoms. The van der Waals surface area contributed by atoms with E-state index in [-0.39, 0.29) is 6.42 Å². The lowest BCUT2D eigenvalue weighted by atomic mass is 10.0. The van der Waals surface area contributed by atoms with Crippen LogP contribution in [0.1, 0.15) is 57.1 Å². The van der Waals surface area contributed by atoms with Crippen molar-refractivity contribution < 1.29 is 9.90 Å². The summed E-state index contributed by atoms with van der Waals surface area (Å²) in [6, 6.07) is 10.8. The molecule has 1 unspecified atom stereocenters. The molecule has 3 nitrogen and oxygen atoms in total.